The van der Waals surface area contributed by atoms with Gasteiger partial charge in [0, 0.05) is 18.7 Å². The molecule has 1 aromatic carbocycles. The van der Waals surface area contributed by atoms with Gasteiger partial charge in [0.05, 0.1) is 14.2 Å². The van der Waals surface area contributed by atoms with Crippen LogP contribution in [0, 0.1) is 0 Å². The van der Waals surface area contributed by atoms with Gasteiger partial charge >= 0.3 is 0 Å². The van der Waals surface area contributed by atoms with Crippen molar-refractivity contribution >= 4 is 0 Å². The largest absolute Gasteiger partial charge is 0.493 e. The zero-order valence-corrected chi connectivity index (χ0v) is 12.5. The molecule has 1 unspecified atom stereocenters. The number of piperidine rings is 1. The molecule has 1 heterocycles. The molecule has 2 rings (SSSR count). The van der Waals surface area contributed by atoms with E-state index in [0.29, 0.717) is 6.54 Å². The fourth-order valence-electron chi connectivity index (χ4n) is 2.53. The van der Waals surface area contributed by atoms with Crippen LogP contribution in [-0.2, 0) is 11.4 Å². The zero-order chi connectivity index (χ0) is 14.4. The molecule has 0 saturated carbocycles. The molecule has 1 atom stereocenters. The van der Waals surface area contributed by atoms with Gasteiger partial charge in [-0.25, -0.2) is 0 Å². The highest BCUT2D eigenvalue weighted by Crippen LogP contribution is 2.33. The molecular formula is C15H24N2O3. The fourth-order valence-corrected chi connectivity index (χ4v) is 2.53. The van der Waals surface area contributed by atoms with Crippen molar-refractivity contribution in [3.05, 3.63) is 23.8 Å². The quantitative estimate of drug-likeness (QED) is 0.805. The Bertz CT molecular complexity index is 426. The van der Waals surface area contributed by atoms with Crippen LogP contribution in [0.15, 0.2) is 18.2 Å². The van der Waals surface area contributed by atoms with Crippen molar-refractivity contribution < 1.29 is 14.3 Å². The number of hydrogen-bond acceptors (Lipinski definition) is 5. The van der Waals surface area contributed by atoms with Gasteiger partial charge < -0.3 is 19.2 Å². The zero-order valence-electron chi connectivity index (χ0n) is 12.5. The number of benzene rings is 1. The first-order valence-corrected chi connectivity index (χ1v) is 7.01. The maximum absolute atomic E-state index is 6.21. The van der Waals surface area contributed by atoms with Gasteiger partial charge in [0.2, 0.25) is 0 Å². The molecule has 1 fully saturated rings. The number of rotatable bonds is 6. The molecule has 0 bridgehead atoms. The molecule has 1 N–H and O–H groups in total. The second kappa shape index (κ2) is 7.47. The Morgan fingerprint density at radius 1 is 1.35 bits per heavy atom. The average Bonchev–Trinajstić information content (AvgIpc) is 2.46. The standard InChI is InChI=1S/C15H24N2O3/c1-17-9-5-7-13(11-17)20-15-12(10-16-19-3)6-4-8-14(15)18-2/h4,6,8,13,16H,5,7,9-11H2,1-3H3. The van der Waals surface area contributed by atoms with Gasteiger partial charge in [-0.2, -0.15) is 5.48 Å². The van der Waals surface area contributed by atoms with Crippen molar-refractivity contribution in [3.8, 4) is 11.5 Å². The van der Waals surface area contributed by atoms with E-state index in [0.717, 1.165) is 36.6 Å². The minimum atomic E-state index is 0.214. The van der Waals surface area contributed by atoms with E-state index in [9.17, 15) is 0 Å². The number of nitrogens with zero attached hydrogens (tertiary/aromatic N) is 1. The number of hydrogen-bond donors (Lipinski definition) is 1. The third-order valence-corrected chi connectivity index (χ3v) is 3.55. The third-order valence-electron chi connectivity index (χ3n) is 3.55. The summed E-state index contributed by atoms with van der Waals surface area (Å²) in [6.45, 7) is 2.69. The minimum Gasteiger partial charge on any atom is -0.493 e. The van der Waals surface area contributed by atoms with Crippen LogP contribution >= 0.6 is 0 Å². The number of ether oxygens (including phenoxy) is 2. The van der Waals surface area contributed by atoms with E-state index in [2.05, 4.69) is 17.4 Å². The van der Waals surface area contributed by atoms with E-state index in [-0.39, 0.29) is 6.10 Å². The lowest BCUT2D eigenvalue weighted by Gasteiger charge is -2.31. The Kier molecular flexibility index (Phi) is 5.64. The maximum atomic E-state index is 6.21. The molecular weight excluding hydrogens is 256 g/mol. The molecule has 0 amide bonds. The van der Waals surface area contributed by atoms with Crippen LogP contribution in [0.1, 0.15) is 18.4 Å². The first-order valence-electron chi connectivity index (χ1n) is 7.01. The summed E-state index contributed by atoms with van der Waals surface area (Å²) in [7, 11) is 5.41. The monoisotopic (exact) mass is 280 g/mol. The SMILES string of the molecule is CONCc1cccc(OC)c1OC1CCCN(C)C1. The van der Waals surface area contributed by atoms with Crippen LogP contribution in [0.4, 0.5) is 0 Å². The van der Waals surface area contributed by atoms with Crippen molar-refractivity contribution in [1.29, 1.82) is 0 Å². The first kappa shape index (κ1) is 15.1. The lowest BCUT2D eigenvalue weighted by atomic mass is 10.1. The summed E-state index contributed by atoms with van der Waals surface area (Å²) in [5.74, 6) is 1.59. The summed E-state index contributed by atoms with van der Waals surface area (Å²) in [6, 6.07) is 5.92. The second-order valence-electron chi connectivity index (χ2n) is 5.12. The highest BCUT2D eigenvalue weighted by molar-refractivity contribution is 5.46. The molecule has 5 nitrogen and oxygen atoms in total. The van der Waals surface area contributed by atoms with Crippen LogP contribution in [0.2, 0.25) is 0 Å². The Morgan fingerprint density at radius 3 is 2.90 bits per heavy atom. The van der Waals surface area contributed by atoms with E-state index < -0.39 is 0 Å². The van der Waals surface area contributed by atoms with Gasteiger partial charge in [0.25, 0.3) is 0 Å². The summed E-state index contributed by atoms with van der Waals surface area (Å²) in [5.41, 5.74) is 3.90. The Balaban J connectivity index is 2.14. The van der Waals surface area contributed by atoms with Crippen molar-refractivity contribution in [2.45, 2.75) is 25.5 Å². The molecule has 0 aromatic heterocycles. The lowest BCUT2D eigenvalue weighted by molar-refractivity contribution is 0.0809. The summed E-state index contributed by atoms with van der Waals surface area (Å²) in [5, 5.41) is 0. The number of likely N-dealkylation sites (tertiary alicyclic amines) is 1. The molecule has 1 saturated heterocycles. The van der Waals surface area contributed by atoms with Crippen molar-refractivity contribution in [2.24, 2.45) is 0 Å². The molecule has 0 spiro atoms. The van der Waals surface area contributed by atoms with Crippen molar-refractivity contribution in [1.82, 2.24) is 10.4 Å². The van der Waals surface area contributed by atoms with E-state index in [1.807, 2.05) is 18.2 Å². The topological polar surface area (TPSA) is 43.0 Å². The van der Waals surface area contributed by atoms with Gasteiger partial charge in [-0.05, 0) is 32.5 Å². The van der Waals surface area contributed by atoms with Gasteiger partial charge in [0.1, 0.15) is 6.10 Å². The fraction of sp³-hybridized carbons (Fsp3) is 0.600. The van der Waals surface area contributed by atoms with E-state index >= 15 is 0 Å². The van der Waals surface area contributed by atoms with E-state index in [1.165, 1.54) is 6.42 Å². The van der Waals surface area contributed by atoms with Crippen LogP contribution < -0.4 is 15.0 Å². The number of likely N-dealkylation sites (N-methyl/N-ethyl adjacent to an activating group) is 1. The van der Waals surface area contributed by atoms with Crippen LogP contribution in [-0.4, -0.2) is 45.4 Å². The average molecular weight is 280 g/mol. The molecule has 1 aliphatic heterocycles. The van der Waals surface area contributed by atoms with E-state index in [4.69, 9.17) is 14.3 Å². The number of para-hydroxylation sites is 1. The lowest BCUT2D eigenvalue weighted by Crippen LogP contribution is -2.38. The Morgan fingerprint density at radius 2 is 2.20 bits per heavy atom. The molecule has 0 radical (unpaired) electrons. The Labute approximate surface area is 120 Å². The molecule has 0 aliphatic carbocycles. The van der Waals surface area contributed by atoms with Gasteiger partial charge in [-0.3, -0.25) is 0 Å². The van der Waals surface area contributed by atoms with E-state index in [1.54, 1.807) is 14.2 Å². The molecule has 112 valence electrons. The van der Waals surface area contributed by atoms with Gasteiger partial charge in [-0.1, -0.05) is 12.1 Å². The normalized spacial score (nSPS) is 19.9. The number of nitrogens with one attached hydrogen (secondary N) is 1. The van der Waals surface area contributed by atoms with Gasteiger partial charge in [0.15, 0.2) is 11.5 Å². The molecule has 5 heteroatoms. The Hall–Kier alpha value is -1.30. The summed E-state index contributed by atoms with van der Waals surface area (Å²) in [4.78, 5) is 7.23. The van der Waals surface area contributed by atoms with Crippen molar-refractivity contribution in [3.63, 3.8) is 0 Å². The predicted molar refractivity (Wildman–Crippen MR) is 78.0 cm³/mol. The third kappa shape index (κ3) is 3.85. The first-order chi connectivity index (χ1) is 9.74. The molecule has 1 aliphatic rings. The van der Waals surface area contributed by atoms with Crippen LogP contribution in [0.3, 0.4) is 0 Å². The number of hydroxylamine groups is 1. The highest BCUT2D eigenvalue weighted by Gasteiger charge is 2.21. The van der Waals surface area contributed by atoms with Gasteiger partial charge in [-0.15, -0.1) is 0 Å². The van der Waals surface area contributed by atoms with Crippen molar-refractivity contribution in [2.75, 3.05) is 34.4 Å². The summed E-state index contributed by atoms with van der Waals surface area (Å²) < 4.78 is 11.6. The summed E-state index contributed by atoms with van der Waals surface area (Å²) in [6.07, 6.45) is 2.47. The number of methoxy groups -OCH3 is 1. The summed E-state index contributed by atoms with van der Waals surface area (Å²) >= 11 is 0. The minimum absolute atomic E-state index is 0.214. The molecule has 1 aromatic rings. The smallest absolute Gasteiger partial charge is 0.166 e. The highest BCUT2D eigenvalue weighted by atomic mass is 16.6. The second-order valence-corrected chi connectivity index (χ2v) is 5.12. The van der Waals surface area contributed by atoms with Crippen LogP contribution in [0.5, 0.6) is 11.5 Å². The maximum Gasteiger partial charge on any atom is 0.166 e. The van der Waals surface area contributed by atoms with Crippen LogP contribution in [0.25, 0.3) is 0 Å². The predicted octanol–water partition coefficient (Wildman–Crippen LogP) is 1.82. The molecule has 20 heavy (non-hydrogen) atoms.